The van der Waals surface area contributed by atoms with Crippen LogP contribution < -0.4 is 5.32 Å². The lowest BCUT2D eigenvalue weighted by molar-refractivity contribution is -0.120. The van der Waals surface area contributed by atoms with Crippen molar-refractivity contribution < 1.29 is 14.3 Å². The molecule has 1 fully saturated rings. The van der Waals surface area contributed by atoms with Crippen LogP contribution in [-0.4, -0.2) is 25.4 Å². The topological polar surface area (TPSA) is 55.4 Å². The minimum atomic E-state index is -0.00334. The summed E-state index contributed by atoms with van der Waals surface area (Å²) in [6.45, 7) is 0.393. The molecule has 1 saturated carbocycles. The standard InChI is InChI=1S/C17H23NO3/c1-21-12-11-16(19)14-9-5-6-10-15(14)18-17(20)13-7-3-2-4-8-13/h5-6,9-10,13H,2-4,7-8,11-12H2,1H3,(H,18,20). The molecule has 0 radical (unpaired) electrons. The Bertz CT molecular complexity index is 493. The molecule has 1 amide bonds. The van der Waals surface area contributed by atoms with Gasteiger partial charge >= 0.3 is 0 Å². The number of carbonyl (C=O) groups is 2. The van der Waals surface area contributed by atoms with Gasteiger partial charge in [0.2, 0.25) is 5.91 Å². The zero-order chi connectivity index (χ0) is 15.1. The van der Waals surface area contributed by atoms with Crippen molar-refractivity contribution in [1.82, 2.24) is 0 Å². The maximum absolute atomic E-state index is 12.3. The molecule has 0 saturated heterocycles. The van der Waals surface area contributed by atoms with E-state index >= 15 is 0 Å². The normalized spacial score (nSPS) is 15.7. The van der Waals surface area contributed by atoms with Crippen molar-refractivity contribution in [2.24, 2.45) is 5.92 Å². The van der Waals surface area contributed by atoms with Crippen molar-refractivity contribution in [3.8, 4) is 0 Å². The monoisotopic (exact) mass is 289 g/mol. The highest BCUT2D eigenvalue weighted by molar-refractivity contribution is 6.05. The van der Waals surface area contributed by atoms with Crippen molar-refractivity contribution >= 4 is 17.4 Å². The second-order valence-corrected chi connectivity index (χ2v) is 5.54. The van der Waals surface area contributed by atoms with Gasteiger partial charge in [-0.3, -0.25) is 9.59 Å². The van der Waals surface area contributed by atoms with Gasteiger partial charge in [-0.2, -0.15) is 0 Å². The molecular weight excluding hydrogens is 266 g/mol. The van der Waals surface area contributed by atoms with E-state index in [1.165, 1.54) is 6.42 Å². The van der Waals surface area contributed by atoms with Crippen LogP contribution in [0.2, 0.25) is 0 Å². The third kappa shape index (κ3) is 4.39. The van der Waals surface area contributed by atoms with Gasteiger partial charge in [0.05, 0.1) is 12.3 Å². The van der Waals surface area contributed by atoms with Crippen LogP contribution in [0.15, 0.2) is 24.3 Å². The summed E-state index contributed by atoms with van der Waals surface area (Å²) in [5, 5.41) is 2.94. The van der Waals surface area contributed by atoms with Gasteiger partial charge in [0.25, 0.3) is 0 Å². The van der Waals surface area contributed by atoms with Gasteiger partial charge in [0, 0.05) is 25.0 Å². The smallest absolute Gasteiger partial charge is 0.227 e. The molecule has 1 aliphatic carbocycles. The van der Waals surface area contributed by atoms with Crippen LogP contribution >= 0.6 is 0 Å². The minimum absolute atomic E-state index is 0.00334. The lowest BCUT2D eigenvalue weighted by Crippen LogP contribution is -2.25. The number of para-hydroxylation sites is 1. The quantitative estimate of drug-likeness (QED) is 0.816. The fourth-order valence-electron chi connectivity index (χ4n) is 2.76. The van der Waals surface area contributed by atoms with E-state index in [0.29, 0.717) is 24.3 Å². The molecule has 0 spiro atoms. The molecule has 114 valence electrons. The van der Waals surface area contributed by atoms with E-state index in [-0.39, 0.29) is 17.6 Å². The molecule has 0 heterocycles. The van der Waals surface area contributed by atoms with Gasteiger partial charge in [-0.15, -0.1) is 0 Å². The number of rotatable bonds is 6. The van der Waals surface area contributed by atoms with Crippen LogP contribution in [0.5, 0.6) is 0 Å². The third-order valence-electron chi connectivity index (χ3n) is 3.99. The number of nitrogens with one attached hydrogen (secondary N) is 1. The second kappa shape index (κ2) is 7.93. The number of benzene rings is 1. The summed E-state index contributed by atoms with van der Waals surface area (Å²) < 4.78 is 4.94. The van der Waals surface area contributed by atoms with Crippen molar-refractivity contribution in [1.29, 1.82) is 0 Å². The van der Waals surface area contributed by atoms with Crippen LogP contribution in [0.4, 0.5) is 5.69 Å². The van der Waals surface area contributed by atoms with E-state index in [1.807, 2.05) is 12.1 Å². The zero-order valence-electron chi connectivity index (χ0n) is 12.6. The molecule has 4 heteroatoms. The minimum Gasteiger partial charge on any atom is -0.384 e. The Morgan fingerprint density at radius 3 is 2.62 bits per heavy atom. The number of carbonyl (C=O) groups excluding carboxylic acids is 2. The Morgan fingerprint density at radius 1 is 1.19 bits per heavy atom. The molecule has 1 aromatic carbocycles. The Labute approximate surface area is 125 Å². The number of hydrogen-bond donors (Lipinski definition) is 1. The Balaban J connectivity index is 2.05. The number of amides is 1. The van der Waals surface area contributed by atoms with E-state index in [4.69, 9.17) is 4.74 Å². The molecule has 1 aromatic rings. The fraction of sp³-hybridized carbons (Fsp3) is 0.529. The Kier molecular flexibility index (Phi) is 5.93. The van der Waals surface area contributed by atoms with Crippen LogP contribution in [0.25, 0.3) is 0 Å². The van der Waals surface area contributed by atoms with E-state index in [1.54, 1.807) is 19.2 Å². The van der Waals surface area contributed by atoms with Crippen LogP contribution in [0.3, 0.4) is 0 Å². The Morgan fingerprint density at radius 2 is 1.90 bits per heavy atom. The molecular formula is C17H23NO3. The number of Topliss-reactive ketones (excluding diaryl/α,β-unsaturated/α-hetero) is 1. The molecule has 1 aliphatic rings. The number of ketones is 1. The molecule has 0 bridgehead atoms. The highest BCUT2D eigenvalue weighted by atomic mass is 16.5. The van der Waals surface area contributed by atoms with E-state index < -0.39 is 0 Å². The predicted molar refractivity (Wildman–Crippen MR) is 82.5 cm³/mol. The Hall–Kier alpha value is -1.68. The van der Waals surface area contributed by atoms with Crippen molar-refractivity contribution in [3.05, 3.63) is 29.8 Å². The molecule has 0 aliphatic heterocycles. The molecule has 0 atom stereocenters. The van der Waals surface area contributed by atoms with Crippen LogP contribution in [-0.2, 0) is 9.53 Å². The van der Waals surface area contributed by atoms with E-state index in [9.17, 15) is 9.59 Å². The summed E-state index contributed by atoms with van der Waals surface area (Å²) in [5.74, 6) is 0.124. The highest BCUT2D eigenvalue weighted by Crippen LogP contribution is 2.26. The first-order valence-corrected chi connectivity index (χ1v) is 7.64. The van der Waals surface area contributed by atoms with Gasteiger partial charge < -0.3 is 10.1 Å². The largest absolute Gasteiger partial charge is 0.384 e. The first-order chi connectivity index (χ1) is 10.2. The molecule has 4 nitrogen and oxygen atoms in total. The first-order valence-electron chi connectivity index (χ1n) is 7.64. The molecule has 21 heavy (non-hydrogen) atoms. The van der Waals surface area contributed by atoms with Crippen molar-refractivity contribution in [2.75, 3.05) is 19.0 Å². The van der Waals surface area contributed by atoms with Gasteiger partial charge in [0.15, 0.2) is 5.78 Å². The predicted octanol–water partition coefficient (Wildman–Crippen LogP) is 3.42. The third-order valence-corrected chi connectivity index (χ3v) is 3.99. The average Bonchev–Trinajstić information content (AvgIpc) is 2.54. The fourth-order valence-corrected chi connectivity index (χ4v) is 2.76. The first kappa shape index (κ1) is 15.7. The number of hydrogen-bond acceptors (Lipinski definition) is 3. The van der Waals surface area contributed by atoms with Crippen LogP contribution in [0.1, 0.15) is 48.9 Å². The maximum atomic E-state index is 12.3. The molecule has 1 N–H and O–H groups in total. The molecule has 2 rings (SSSR count). The summed E-state index contributed by atoms with van der Waals surface area (Å²) in [4.78, 5) is 24.5. The second-order valence-electron chi connectivity index (χ2n) is 5.54. The number of anilines is 1. The SMILES string of the molecule is COCCC(=O)c1ccccc1NC(=O)C1CCCCC1. The maximum Gasteiger partial charge on any atom is 0.227 e. The van der Waals surface area contributed by atoms with Gasteiger partial charge in [-0.25, -0.2) is 0 Å². The lowest BCUT2D eigenvalue weighted by atomic mass is 9.88. The summed E-state index contributed by atoms with van der Waals surface area (Å²) in [6.07, 6.45) is 5.68. The summed E-state index contributed by atoms with van der Waals surface area (Å²) in [7, 11) is 1.57. The van der Waals surface area contributed by atoms with Crippen molar-refractivity contribution in [2.45, 2.75) is 38.5 Å². The van der Waals surface area contributed by atoms with Crippen molar-refractivity contribution in [3.63, 3.8) is 0 Å². The number of methoxy groups -OCH3 is 1. The lowest BCUT2D eigenvalue weighted by Gasteiger charge is -2.21. The highest BCUT2D eigenvalue weighted by Gasteiger charge is 2.22. The van der Waals surface area contributed by atoms with Gasteiger partial charge in [-0.1, -0.05) is 31.4 Å². The van der Waals surface area contributed by atoms with E-state index in [2.05, 4.69) is 5.32 Å². The zero-order valence-corrected chi connectivity index (χ0v) is 12.6. The number of ether oxygens (including phenoxy) is 1. The molecule has 0 unspecified atom stereocenters. The molecule has 0 aromatic heterocycles. The van der Waals surface area contributed by atoms with E-state index in [0.717, 1.165) is 25.7 Å². The summed E-state index contributed by atoms with van der Waals surface area (Å²) in [6, 6.07) is 7.20. The summed E-state index contributed by atoms with van der Waals surface area (Å²) in [5.41, 5.74) is 1.19. The van der Waals surface area contributed by atoms with Gasteiger partial charge in [0.1, 0.15) is 0 Å². The van der Waals surface area contributed by atoms with Crippen LogP contribution in [0, 0.1) is 5.92 Å². The summed E-state index contributed by atoms with van der Waals surface area (Å²) >= 11 is 0. The van der Waals surface area contributed by atoms with Gasteiger partial charge in [-0.05, 0) is 25.0 Å². The average molecular weight is 289 g/mol.